The monoisotopic (exact) mass is 150 g/mol. The third-order valence-corrected chi connectivity index (χ3v) is 1.87. The molecule has 2 atom stereocenters. The van der Waals surface area contributed by atoms with E-state index in [1.165, 1.54) is 0 Å². The van der Waals surface area contributed by atoms with Gasteiger partial charge in [-0.1, -0.05) is 0 Å². The Labute approximate surface area is 59.8 Å². The van der Waals surface area contributed by atoms with Crippen LogP contribution in [0.15, 0.2) is 0 Å². The predicted molar refractivity (Wildman–Crippen MR) is 35.7 cm³/mol. The summed E-state index contributed by atoms with van der Waals surface area (Å²) >= 11 is 5.40. The number of hydrogen-bond donors (Lipinski definition) is 1. The minimum absolute atomic E-state index is 0.00231. The van der Waals surface area contributed by atoms with Gasteiger partial charge >= 0.3 is 0 Å². The number of alkyl halides is 1. The first-order valence-electron chi connectivity index (χ1n) is 3.20. The molecule has 3 heteroatoms. The van der Waals surface area contributed by atoms with Gasteiger partial charge in [-0.15, -0.1) is 11.6 Å². The zero-order valence-corrected chi connectivity index (χ0v) is 5.97. The summed E-state index contributed by atoms with van der Waals surface area (Å²) < 4.78 is 5.17. The van der Waals surface area contributed by atoms with Crippen molar-refractivity contribution in [2.24, 2.45) is 0 Å². The van der Waals surface area contributed by atoms with Crippen LogP contribution in [0.5, 0.6) is 0 Å². The van der Waals surface area contributed by atoms with Crippen LogP contribution >= 0.6 is 11.6 Å². The van der Waals surface area contributed by atoms with E-state index in [1.54, 1.807) is 0 Å². The molecule has 0 aromatic rings. The molecule has 1 aliphatic heterocycles. The van der Waals surface area contributed by atoms with Crippen LogP contribution in [0.1, 0.15) is 12.8 Å². The van der Waals surface area contributed by atoms with Gasteiger partial charge in [0.2, 0.25) is 0 Å². The lowest BCUT2D eigenvalue weighted by atomic mass is 10.2. The average molecular weight is 151 g/mol. The molecular weight excluding hydrogens is 140 g/mol. The predicted octanol–water partition coefficient (Wildman–Crippen LogP) is 0.765. The van der Waals surface area contributed by atoms with Gasteiger partial charge in [0, 0.05) is 6.61 Å². The van der Waals surface area contributed by atoms with E-state index < -0.39 is 6.10 Å². The fraction of sp³-hybridized carbons (Fsp3) is 1.00. The van der Waals surface area contributed by atoms with Crippen molar-refractivity contribution in [2.75, 3.05) is 12.5 Å². The second kappa shape index (κ2) is 3.40. The topological polar surface area (TPSA) is 29.5 Å². The van der Waals surface area contributed by atoms with Gasteiger partial charge in [-0.2, -0.15) is 0 Å². The van der Waals surface area contributed by atoms with E-state index in [9.17, 15) is 0 Å². The van der Waals surface area contributed by atoms with Crippen LogP contribution in [-0.4, -0.2) is 29.8 Å². The summed E-state index contributed by atoms with van der Waals surface area (Å²) in [5, 5.41) is 9.10. The van der Waals surface area contributed by atoms with Gasteiger partial charge < -0.3 is 9.84 Å². The number of halogens is 1. The number of aliphatic hydroxyl groups is 1. The Kier molecular flexibility index (Phi) is 2.76. The standard InChI is InChI=1S/C6H11ClO2/c7-4-5(8)6-2-1-3-9-6/h5-6,8H,1-4H2/t5-,6?/m1/s1. The Morgan fingerprint density at radius 2 is 2.56 bits per heavy atom. The molecule has 0 bridgehead atoms. The minimum Gasteiger partial charge on any atom is -0.389 e. The molecule has 1 N–H and O–H groups in total. The minimum atomic E-state index is -0.464. The second-order valence-electron chi connectivity index (χ2n) is 2.27. The van der Waals surface area contributed by atoms with Crippen LogP contribution in [0.25, 0.3) is 0 Å². The molecular formula is C6H11ClO2. The molecule has 0 radical (unpaired) electrons. The van der Waals surface area contributed by atoms with Crippen molar-refractivity contribution < 1.29 is 9.84 Å². The maximum absolute atomic E-state index is 9.10. The molecule has 0 aromatic carbocycles. The number of rotatable bonds is 2. The van der Waals surface area contributed by atoms with Crippen LogP contribution in [0, 0.1) is 0 Å². The molecule has 1 aliphatic rings. The van der Waals surface area contributed by atoms with E-state index in [0.717, 1.165) is 19.4 Å². The molecule has 0 amide bonds. The van der Waals surface area contributed by atoms with Crippen molar-refractivity contribution in [3.63, 3.8) is 0 Å². The van der Waals surface area contributed by atoms with Crippen molar-refractivity contribution >= 4 is 11.6 Å². The third-order valence-electron chi connectivity index (χ3n) is 1.55. The molecule has 0 aromatic heterocycles. The Morgan fingerprint density at radius 3 is 3.00 bits per heavy atom. The first kappa shape index (κ1) is 7.32. The van der Waals surface area contributed by atoms with E-state index in [2.05, 4.69) is 0 Å². The van der Waals surface area contributed by atoms with E-state index >= 15 is 0 Å². The van der Waals surface area contributed by atoms with Gasteiger partial charge in [0.05, 0.1) is 18.1 Å². The van der Waals surface area contributed by atoms with Crippen molar-refractivity contribution in [1.82, 2.24) is 0 Å². The molecule has 1 unspecified atom stereocenters. The largest absolute Gasteiger partial charge is 0.389 e. The number of hydrogen-bond acceptors (Lipinski definition) is 2. The lowest BCUT2D eigenvalue weighted by molar-refractivity contribution is 0.0103. The quantitative estimate of drug-likeness (QED) is 0.590. The molecule has 54 valence electrons. The van der Waals surface area contributed by atoms with Crippen LogP contribution < -0.4 is 0 Å². The molecule has 1 fully saturated rings. The van der Waals surface area contributed by atoms with Gasteiger partial charge in [0.15, 0.2) is 0 Å². The molecule has 1 heterocycles. The maximum atomic E-state index is 9.10. The van der Waals surface area contributed by atoms with Gasteiger partial charge in [-0.25, -0.2) is 0 Å². The van der Waals surface area contributed by atoms with Gasteiger partial charge in [-0.05, 0) is 12.8 Å². The van der Waals surface area contributed by atoms with E-state index in [-0.39, 0.29) is 12.0 Å². The summed E-state index contributed by atoms with van der Waals surface area (Å²) in [4.78, 5) is 0. The van der Waals surface area contributed by atoms with Gasteiger partial charge in [0.1, 0.15) is 0 Å². The normalized spacial score (nSPS) is 30.7. The Bertz CT molecular complexity index is 81.1. The van der Waals surface area contributed by atoms with Crippen molar-refractivity contribution in [1.29, 1.82) is 0 Å². The average Bonchev–Trinajstić information content (AvgIpc) is 2.37. The summed E-state index contributed by atoms with van der Waals surface area (Å²) in [6.07, 6.45) is 1.55. The fourth-order valence-corrected chi connectivity index (χ4v) is 1.20. The SMILES string of the molecule is O[C@H](CCl)C1CCCO1. The fourth-order valence-electron chi connectivity index (χ4n) is 1.01. The van der Waals surface area contributed by atoms with E-state index in [1.807, 2.05) is 0 Å². The molecule has 1 rings (SSSR count). The van der Waals surface area contributed by atoms with Crippen LogP contribution in [0.2, 0.25) is 0 Å². The number of ether oxygens (including phenoxy) is 1. The lowest BCUT2D eigenvalue weighted by Crippen LogP contribution is -2.26. The highest BCUT2D eigenvalue weighted by Gasteiger charge is 2.22. The van der Waals surface area contributed by atoms with Crippen LogP contribution in [-0.2, 0) is 4.74 Å². The summed E-state index contributed by atoms with van der Waals surface area (Å²) in [5.41, 5.74) is 0. The summed E-state index contributed by atoms with van der Waals surface area (Å²) in [7, 11) is 0. The molecule has 0 spiro atoms. The maximum Gasteiger partial charge on any atom is 0.0936 e. The second-order valence-corrected chi connectivity index (χ2v) is 2.58. The zero-order chi connectivity index (χ0) is 6.69. The highest BCUT2D eigenvalue weighted by molar-refractivity contribution is 6.18. The van der Waals surface area contributed by atoms with Gasteiger partial charge in [-0.3, -0.25) is 0 Å². The highest BCUT2D eigenvalue weighted by Crippen LogP contribution is 2.15. The highest BCUT2D eigenvalue weighted by atomic mass is 35.5. The van der Waals surface area contributed by atoms with Crippen molar-refractivity contribution in [2.45, 2.75) is 25.0 Å². The van der Waals surface area contributed by atoms with E-state index in [4.69, 9.17) is 21.4 Å². The molecule has 9 heavy (non-hydrogen) atoms. The summed E-state index contributed by atoms with van der Waals surface area (Å²) in [5.74, 6) is 0.282. The molecule has 0 saturated carbocycles. The summed E-state index contributed by atoms with van der Waals surface area (Å²) in [6.45, 7) is 0.776. The first-order valence-corrected chi connectivity index (χ1v) is 3.73. The molecule has 2 nitrogen and oxygen atoms in total. The van der Waals surface area contributed by atoms with Crippen molar-refractivity contribution in [3.05, 3.63) is 0 Å². The van der Waals surface area contributed by atoms with Crippen molar-refractivity contribution in [3.8, 4) is 0 Å². The van der Waals surface area contributed by atoms with Crippen LogP contribution in [0.4, 0.5) is 0 Å². The third kappa shape index (κ3) is 1.81. The lowest BCUT2D eigenvalue weighted by Gasteiger charge is -2.13. The summed E-state index contributed by atoms with van der Waals surface area (Å²) in [6, 6.07) is 0. The molecule has 1 saturated heterocycles. The van der Waals surface area contributed by atoms with Gasteiger partial charge in [0.25, 0.3) is 0 Å². The number of aliphatic hydroxyl groups excluding tert-OH is 1. The van der Waals surface area contributed by atoms with E-state index in [0.29, 0.717) is 0 Å². The zero-order valence-electron chi connectivity index (χ0n) is 5.22. The van der Waals surface area contributed by atoms with Crippen LogP contribution in [0.3, 0.4) is 0 Å². The smallest absolute Gasteiger partial charge is 0.0936 e. The Balaban J connectivity index is 2.24. The Morgan fingerprint density at radius 1 is 1.78 bits per heavy atom. The first-order chi connectivity index (χ1) is 4.34. The Hall–Kier alpha value is 0.210. The molecule has 0 aliphatic carbocycles.